The van der Waals surface area contributed by atoms with E-state index < -0.39 is 0 Å². The average Bonchev–Trinajstić information content (AvgIpc) is 3.08. The minimum atomic E-state index is 0.0662. The molecule has 2 N–H and O–H groups in total. The Balaban J connectivity index is 1.43. The Labute approximate surface area is 160 Å². The van der Waals surface area contributed by atoms with Crippen molar-refractivity contribution in [3.05, 3.63) is 51.9 Å². The van der Waals surface area contributed by atoms with E-state index in [-0.39, 0.29) is 11.0 Å². The van der Waals surface area contributed by atoms with E-state index in [9.17, 15) is 4.79 Å². The fraction of sp³-hybridized carbons (Fsp3) is 0.545. The second kappa shape index (κ2) is 6.88. The van der Waals surface area contributed by atoms with Gasteiger partial charge in [0, 0.05) is 22.6 Å². The summed E-state index contributed by atoms with van der Waals surface area (Å²) in [5, 5.41) is 3.47. The smallest absolute Gasteiger partial charge is 0.254 e. The SMILES string of the molecule is O=c1[nH]c(-c2ccccc2)nc2c1CCC21CCN(C2CCNCC2)CC1. The monoisotopic (exact) mass is 364 g/mol. The molecule has 5 rings (SSSR count). The number of nitrogens with zero attached hydrogens (tertiary/aromatic N) is 2. The number of H-pyrrole nitrogens is 1. The zero-order valence-electron chi connectivity index (χ0n) is 15.8. The molecular formula is C22H28N4O. The van der Waals surface area contributed by atoms with E-state index in [0.717, 1.165) is 80.5 Å². The number of fused-ring (bicyclic) bond motifs is 2. The number of aromatic nitrogens is 2. The molecule has 0 unspecified atom stereocenters. The van der Waals surface area contributed by atoms with Crippen LogP contribution in [0.5, 0.6) is 0 Å². The molecule has 2 fully saturated rings. The quantitative estimate of drug-likeness (QED) is 0.859. The van der Waals surface area contributed by atoms with Gasteiger partial charge in [-0.25, -0.2) is 4.98 Å². The van der Waals surface area contributed by atoms with Crippen LogP contribution in [0.1, 0.15) is 43.4 Å². The first-order chi connectivity index (χ1) is 13.3. The Morgan fingerprint density at radius 3 is 2.52 bits per heavy atom. The lowest BCUT2D eigenvalue weighted by Gasteiger charge is -2.43. The van der Waals surface area contributed by atoms with Crippen molar-refractivity contribution >= 4 is 0 Å². The van der Waals surface area contributed by atoms with Crippen LogP contribution in [0.15, 0.2) is 35.1 Å². The fourth-order valence-corrected chi connectivity index (χ4v) is 5.36. The Morgan fingerprint density at radius 1 is 1.04 bits per heavy atom. The van der Waals surface area contributed by atoms with Gasteiger partial charge >= 0.3 is 0 Å². The Bertz CT molecular complexity index is 862. The lowest BCUT2D eigenvalue weighted by atomic mass is 9.75. The van der Waals surface area contributed by atoms with Gasteiger partial charge in [-0.3, -0.25) is 4.79 Å². The first-order valence-corrected chi connectivity index (χ1v) is 10.4. The molecule has 2 aromatic rings. The van der Waals surface area contributed by atoms with Crippen molar-refractivity contribution in [1.29, 1.82) is 0 Å². The van der Waals surface area contributed by atoms with Gasteiger partial charge in [0.2, 0.25) is 0 Å². The van der Waals surface area contributed by atoms with Crippen LogP contribution in [0.25, 0.3) is 11.4 Å². The predicted molar refractivity (Wildman–Crippen MR) is 107 cm³/mol. The predicted octanol–water partition coefficient (Wildman–Crippen LogP) is 2.47. The maximum absolute atomic E-state index is 12.7. The molecule has 0 atom stereocenters. The van der Waals surface area contributed by atoms with Gasteiger partial charge in [0.25, 0.3) is 5.56 Å². The average molecular weight is 364 g/mol. The van der Waals surface area contributed by atoms with Crippen molar-refractivity contribution in [2.45, 2.75) is 50.0 Å². The van der Waals surface area contributed by atoms with Crippen LogP contribution < -0.4 is 10.9 Å². The minimum Gasteiger partial charge on any atom is -0.317 e. The lowest BCUT2D eigenvalue weighted by molar-refractivity contribution is 0.0949. The highest BCUT2D eigenvalue weighted by molar-refractivity contribution is 5.55. The van der Waals surface area contributed by atoms with Crippen molar-refractivity contribution in [3.8, 4) is 11.4 Å². The van der Waals surface area contributed by atoms with Gasteiger partial charge in [-0.1, -0.05) is 30.3 Å². The molecule has 3 heterocycles. The van der Waals surface area contributed by atoms with Gasteiger partial charge in [-0.2, -0.15) is 0 Å². The first kappa shape index (κ1) is 17.1. The summed E-state index contributed by atoms with van der Waals surface area (Å²) in [6, 6.07) is 10.8. The maximum Gasteiger partial charge on any atom is 0.254 e. The molecule has 1 spiro atoms. The number of rotatable bonds is 2. The van der Waals surface area contributed by atoms with E-state index in [1.54, 1.807) is 0 Å². The zero-order valence-corrected chi connectivity index (χ0v) is 15.8. The van der Waals surface area contributed by atoms with Gasteiger partial charge in [0.15, 0.2) is 0 Å². The van der Waals surface area contributed by atoms with E-state index in [1.165, 1.54) is 12.8 Å². The molecule has 27 heavy (non-hydrogen) atoms. The molecule has 2 aliphatic heterocycles. The van der Waals surface area contributed by atoms with Crippen LogP contribution in [0.3, 0.4) is 0 Å². The molecule has 0 bridgehead atoms. The third-order valence-electron chi connectivity index (χ3n) is 7.00. The lowest BCUT2D eigenvalue weighted by Crippen LogP contribution is -2.49. The third-order valence-corrected chi connectivity index (χ3v) is 7.00. The highest BCUT2D eigenvalue weighted by Gasteiger charge is 2.44. The van der Waals surface area contributed by atoms with Crippen LogP contribution in [-0.4, -0.2) is 47.1 Å². The largest absolute Gasteiger partial charge is 0.317 e. The zero-order chi connectivity index (χ0) is 18.3. The van der Waals surface area contributed by atoms with Crippen LogP contribution in [0, 0.1) is 0 Å². The number of nitrogens with one attached hydrogen (secondary N) is 2. The molecule has 1 aromatic heterocycles. The topological polar surface area (TPSA) is 61.0 Å². The van der Waals surface area contributed by atoms with Gasteiger partial charge in [0.1, 0.15) is 5.82 Å². The van der Waals surface area contributed by atoms with Crippen LogP contribution in [0.2, 0.25) is 0 Å². The Hall–Kier alpha value is -1.98. The van der Waals surface area contributed by atoms with Crippen molar-refractivity contribution < 1.29 is 0 Å². The molecule has 5 nitrogen and oxygen atoms in total. The minimum absolute atomic E-state index is 0.0662. The van der Waals surface area contributed by atoms with Crippen molar-refractivity contribution in [2.24, 2.45) is 0 Å². The molecule has 5 heteroatoms. The number of hydrogen-bond donors (Lipinski definition) is 2. The number of hydrogen-bond acceptors (Lipinski definition) is 4. The van der Waals surface area contributed by atoms with Crippen molar-refractivity contribution in [3.63, 3.8) is 0 Å². The van der Waals surface area contributed by atoms with Crippen molar-refractivity contribution in [1.82, 2.24) is 20.2 Å². The van der Waals surface area contributed by atoms with Gasteiger partial charge < -0.3 is 15.2 Å². The number of piperidine rings is 2. The second-order valence-electron chi connectivity index (χ2n) is 8.41. The summed E-state index contributed by atoms with van der Waals surface area (Å²) >= 11 is 0. The summed E-state index contributed by atoms with van der Waals surface area (Å²) in [6.45, 7) is 4.57. The fourth-order valence-electron chi connectivity index (χ4n) is 5.36. The Kier molecular flexibility index (Phi) is 4.37. The number of likely N-dealkylation sites (tertiary alicyclic amines) is 1. The molecule has 3 aliphatic rings. The number of benzene rings is 1. The Morgan fingerprint density at radius 2 is 1.78 bits per heavy atom. The normalized spacial score (nSPS) is 22.8. The highest BCUT2D eigenvalue weighted by Crippen LogP contribution is 2.45. The number of aromatic amines is 1. The second-order valence-corrected chi connectivity index (χ2v) is 8.41. The van der Waals surface area contributed by atoms with Crippen molar-refractivity contribution in [2.75, 3.05) is 26.2 Å². The first-order valence-electron chi connectivity index (χ1n) is 10.4. The van der Waals surface area contributed by atoms with E-state index in [2.05, 4.69) is 15.2 Å². The molecule has 2 saturated heterocycles. The molecular weight excluding hydrogens is 336 g/mol. The molecule has 1 aliphatic carbocycles. The summed E-state index contributed by atoms with van der Waals surface area (Å²) in [4.78, 5) is 23.5. The van der Waals surface area contributed by atoms with Crippen LogP contribution >= 0.6 is 0 Å². The summed E-state index contributed by atoms with van der Waals surface area (Å²) in [7, 11) is 0. The van der Waals surface area contributed by atoms with E-state index in [0.29, 0.717) is 0 Å². The van der Waals surface area contributed by atoms with E-state index >= 15 is 0 Å². The maximum atomic E-state index is 12.7. The van der Waals surface area contributed by atoms with E-state index in [1.807, 2.05) is 30.3 Å². The molecule has 0 amide bonds. The van der Waals surface area contributed by atoms with Gasteiger partial charge in [-0.15, -0.1) is 0 Å². The van der Waals surface area contributed by atoms with Gasteiger partial charge in [0.05, 0.1) is 5.69 Å². The summed E-state index contributed by atoms with van der Waals surface area (Å²) in [6.07, 6.45) is 6.75. The summed E-state index contributed by atoms with van der Waals surface area (Å²) in [5.41, 5.74) is 3.19. The third kappa shape index (κ3) is 3.03. The van der Waals surface area contributed by atoms with E-state index in [4.69, 9.17) is 4.98 Å². The molecule has 0 saturated carbocycles. The molecule has 1 aromatic carbocycles. The van der Waals surface area contributed by atoms with Crippen LogP contribution in [0.4, 0.5) is 0 Å². The summed E-state index contributed by atoms with van der Waals surface area (Å²) < 4.78 is 0. The standard InChI is InChI=1S/C22H28N4O/c27-21-18-6-9-22(10-14-26(15-11-22)17-7-12-23-13-8-17)19(18)24-20(25-21)16-4-2-1-3-5-16/h1-5,17,23H,6-15H2,(H,24,25,27). The van der Waals surface area contributed by atoms with Gasteiger partial charge in [-0.05, 0) is 64.7 Å². The van der Waals surface area contributed by atoms with Crippen LogP contribution in [-0.2, 0) is 11.8 Å². The summed E-state index contributed by atoms with van der Waals surface area (Å²) in [5.74, 6) is 0.724. The highest BCUT2D eigenvalue weighted by atomic mass is 16.1. The molecule has 0 radical (unpaired) electrons. The molecule has 142 valence electrons.